The highest BCUT2D eigenvalue weighted by Crippen LogP contribution is 2.39. The lowest BCUT2D eigenvalue weighted by Gasteiger charge is -2.35. The Morgan fingerprint density at radius 2 is 1.87 bits per heavy atom. The molecule has 132 valence electrons. The summed E-state index contributed by atoms with van der Waals surface area (Å²) in [5, 5.41) is 24.9. The second kappa shape index (κ2) is 8.40. The number of aliphatic imine (C=N–C) groups is 1. The van der Waals surface area contributed by atoms with Gasteiger partial charge in [0.25, 0.3) is 0 Å². The van der Waals surface area contributed by atoms with Crippen LogP contribution in [0.25, 0.3) is 0 Å². The number of amidine groups is 1. The number of nitrogens with zero attached hydrogens (tertiary/aromatic N) is 3. The second-order valence-electron chi connectivity index (χ2n) is 6.82. The van der Waals surface area contributed by atoms with E-state index in [0.29, 0.717) is 11.5 Å². The molecule has 0 spiro atoms. The zero-order valence-electron chi connectivity index (χ0n) is 13.7. The minimum absolute atomic E-state index is 0.125. The van der Waals surface area contributed by atoms with Crippen LogP contribution in [0.4, 0.5) is 0 Å². The van der Waals surface area contributed by atoms with Gasteiger partial charge in [-0.3, -0.25) is 15.5 Å². The summed E-state index contributed by atoms with van der Waals surface area (Å²) in [6, 6.07) is 0.687. The monoisotopic (exact) mass is 359 g/mol. The Balaban J connectivity index is 1.49. The predicted molar refractivity (Wildman–Crippen MR) is 97.2 cm³/mol. The van der Waals surface area contributed by atoms with Crippen LogP contribution in [0.2, 0.25) is 0 Å². The highest BCUT2D eigenvalue weighted by Gasteiger charge is 2.31. The highest BCUT2D eigenvalue weighted by molar-refractivity contribution is 8.83. The fourth-order valence-electron chi connectivity index (χ4n) is 3.60. The lowest BCUT2D eigenvalue weighted by molar-refractivity contribution is -0.0892. The standard InChI is InChI=1S/C15H27N4O2S2/c1-18-14(16-11-5-3-2-4-6-11)22-23-15(18)17-12-7-9-13(10-8-12)19(20)21/h11-14,16,20H,2-10H2,1H3/q-1. The van der Waals surface area contributed by atoms with Gasteiger partial charge in [-0.25, -0.2) is 0 Å². The van der Waals surface area contributed by atoms with Gasteiger partial charge in [0.1, 0.15) is 5.50 Å². The zero-order valence-corrected chi connectivity index (χ0v) is 15.3. The van der Waals surface area contributed by atoms with E-state index in [1.165, 1.54) is 32.1 Å². The van der Waals surface area contributed by atoms with Crippen LogP contribution in [-0.4, -0.2) is 51.2 Å². The second-order valence-corrected chi connectivity index (χ2v) is 9.07. The van der Waals surface area contributed by atoms with Crippen molar-refractivity contribution in [3.8, 4) is 0 Å². The highest BCUT2D eigenvalue weighted by atomic mass is 33.1. The first-order valence-electron chi connectivity index (χ1n) is 8.68. The van der Waals surface area contributed by atoms with Crippen molar-refractivity contribution in [1.29, 1.82) is 0 Å². The molecule has 1 saturated heterocycles. The van der Waals surface area contributed by atoms with E-state index in [9.17, 15) is 5.21 Å². The number of nitrogens with one attached hydrogen (secondary N) is 1. The number of rotatable bonds is 4. The van der Waals surface area contributed by atoms with Crippen molar-refractivity contribution in [3.63, 3.8) is 0 Å². The van der Waals surface area contributed by atoms with Crippen LogP contribution in [0, 0.1) is 5.21 Å². The first-order chi connectivity index (χ1) is 11.1. The Morgan fingerprint density at radius 1 is 1.17 bits per heavy atom. The van der Waals surface area contributed by atoms with E-state index in [2.05, 4.69) is 17.3 Å². The molecule has 3 rings (SSSR count). The lowest BCUT2D eigenvalue weighted by Crippen LogP contribution is -2.45. The molecule has 0 bridgehead atoms. The molecule has 8 heteroatoms. The van der Waals surface area contributed by atoms with Gasteiger partial charge in [-0.1, -0.05) is 19.3 Å². The summed E-state index contributed by atoms with van der Waals surface area (Å²) in [6.45, 7) is 0. The van der Waals surface area contributed by atoms with Crippen molar-refractivity contribution < 1.29 is 5.21 Å². The molecule has 23 heavy (non-hydrogen) atoms. The molecule has 0 aromatic carbocycles. The Kier molecular flexibility index (Phi) is 6.51. The van der Waals surface area contributed by atoms with E-state index >= 15 is 0 Å². The molecule has 3 aliphatic rings. The molecular weight excluding hydrogens is 332 g/mol. The third-order valence-corrected chi connectivity index (χ3v) is 7.68. The van der Waals surface area contributed by atoms with Gasteiger partial charge in [-0.2, -0.15) is 0 Å². The predicted octanol–water partition coefficient (Wildman–Crippen LogP) is 3.38. The maximum Gasteiger partial charge on any atom is 0.172 e. The summed E-state index contributed by atoms with van der Waals surface area (Å²) in [5.41, 5.74) is 0.313. The fourth-order valence-corrected chi connectivity index (χ4v) is 6.30. The van der Waals surface area contributed by atoms with Gasteiger partial charge in [0.2, 0.25) is 0 Å². The van der Waals surface area contributed by atoms with Crippen LogP contribution in [0.15, 0.2) is 4.99 Å². The van der Waals surface area contributed by atoms with Crippen molar-refractivity contribution in [2.75, 3.05) is 7.05 Å². The first-order valence-corrected chi connectivity index (χ1v) is 10.9. The van der Waals surface area contributed by atoms with Gasteiger partial charge in [0.05, 0.1) is 6.04 Å². The Labute approximate surface area is 146 Å². The maximum atomic E-state index is 10.9. The summed E-state index contributed by atoms with van der Waals surface area (Å²) in [6.07, 6.45) is 9.87. The van der Waals surface area contributed by atoms with Crippen molar-refractivity contribution in [1.82, 2.24) is 15.4 Å². The molecule has 2 saturated carbocycles. The average Bonchev–Trinajstić information content (AvgIpc) is 2.90. The number of hydrogen-bond acceptors (Lipinski definition) is 7. The molecule has 0 amide bonds. The molecule has 1 aliphatic heterocycles. The first kappa shape index (κ1) is 17.8. The van der Waals surface area contributed by atoms with Crippen LogP contribution in [0.5, 0.6) is 0 Å². The topological polar surface area (TPSA) is 74.2 Å². The minimum atomic E-state index is -0.240. The number of hydrogen-bond donors (Lipinski definition) is 2. The summed E-state index contributed by atoms with van der Waals surface area (Å²) < 4.78 is 0. The van der Waals surface area contributed by atoms with Crippen LogP contribution in [0.3, 0.4) is 0 Å². The summed E-state index contributed by atoms with van der Waals surface area (Å²) >= 11 is 0. The van der Waals surface area contributed by atoms with Gasteiger partial charge in [0, 0.05) is 19.1 Å². The Bertz CT molecular complexity index is 410. The molecule has 0 radical (unpaired) electrons. The molecule has 2 N–H and O–H groups in total. The fraction of sp³-hybridized carbons (Fsp3) is 0.933. The van der Waals surface area contributed by atoms with Gasteiger partial charge >= 0.3 is 0 Å². The molecule has 1 heterocycles. The van der Waals surface area contributed by atoms with Gasteiger partial charge in [-0.05, 0) is 60.1 Å². The molecule has 0 aromatic rings. The molecule has 3 fully saturated rings. The van der Waals surface area contributed by atoms with Crippen LogP contribution in [-0.2, 0) is 0 Å². The van der Waals surface area contributed by atoms with Crippen molar-refractivity contribution in [2.24, 2.45) is 4.99 Å². The SMILES string of the molecule is CN1C(=NC2CCC(N([O-])O)CC2)SSC1NC1CCCCC1. The summed E-state index contributed by atoms with van der Waals surface area (Å²) in [4.78, 5) is 7.15. The molecule has 1 unspecified atom stereocenters. The third-order valence-electron chi connectivity index (χ3n) is 5.12. The lowest BCUT2D eigenvalue weighted by atomic mass is 9.92. The zero-order chi connectivity index (χ0) is 16.2. The van der Waals surface area contributed by atoms with Crippen molar-refractivity contribution in [2.45, 2.75) is 81.4 Å². The third kappa shape index (κ3) is 4.76. The van der Waals surface area contributed by atoms with E-state index in [1.807, 2.05) is 10.8 Å². The quantitative estimate of drug-likeness (QED) is 0.589. The summed E-state index contributed by atoms with van der Waals surface area (Å²) in [5.74, 6) is 0. The van der Waals surface area contributed by atoms with E-state index in [4.69, 9.17) is 10.2 Å². The normalized spacial score (nSPS) is 35.4. The molecule has 2 aliphatic carbocycles. The van der Waals surface area contributed by atoms with Crippen molar-refractivity contribution in [3.05, 3.63) is 5.21 Å². The van der Waals surface area contributed by atoms with Gasteiger partial charge < -0.3 is 15.3 Å². The molecule has 6 nitrogen and oxygen atoms in total. The van der Waals surface area contributed by atoms with E-state index in [-0.39, 0.29) is 17.3 Å². The van der Waals surface area contributed by atoms with Gasteiger partial charge in [-0.15, -0.1) is 0 Å². The van der Waals surface area contributed by atoms with E-state index in [0.717, 1.165) is 30.9 Å². The average molecular weight is 360 g/mol. The minimum Gasteiger partial charge on any atom is -0.762 e. The van der Waals surface area contributed by atoms with Crippen LogP contribution >= 0.6 is 21.6 Å². The molecular formula is C15H27N4O2S2-. The smallest absolute Gasteiger partial charge is 0.172 e. The Hall–Kier alpha value is 0.01000. The van der Waals surface area contributed by atoms with Crippen LogP contribution in [0.1, 0.15) is 57.8 Å². The summed E-state index contributed by atoms with van der Waals surface area (Å²) in [7, 11) is 5.72. The van der Waals surface area contributed by atoms with Crippen molar-refractivity contribution >= 4 is 26.8 Å². The molecule has 0 aromatic heterocycles. The van der Waals surface area contributed by atoms with E-state index in [1.54, 1.807) is 10.8 Å². The van der Waals surface area contributed by atoms with E-state index < -0.39 is 0 Å². The maximum absolute atomic E-state index is 10.9. The number of hydroxylamine groups is 2. The Morgan fingerprint density at radius 3 is 2.52 bits per heavy atom. The van der Waals surface area contributed by atoms with Gasteiger partial charge in [0.15, 0.2) is 5.17 Å². The van der Waals surface area contributed by atoms with Crippen LogP contribution < -0.4 is 5.32 Å². The largest absolute Gasteiger partial charge is 0.762 e. The molecule has 1 atom stereocenters.